The van der Waals surface area contributed by atoms with Crippen molar-refractivity contribution in [1.29, 1.82) is 0 Å². The summed E-state index contributed by atoms with van der Waals surface area (Å²) in [7, 11) is 0. The van der Waals surface area contributed by atoms with Crippen molar-refractivity contribution in [2.24, 2.45) is 0 Å². The number of para-hydroxylation sites is 2. The van der Waals surface area contributed by atoms with Gasteiger partial charge in [0.15, 0.2) is 0 Å². The molecule has 9 heteroatoms. The molecule has 0 spiro atoms. The lowest BCUT2D eigenvalue weighted by molar-refractivity contribution is -0.118. The van der Waals surface area contributed by atoms with Gasteiger partial charge in [0.05, 0.1) is 12.4 Å². The van der Waals surface area contributed by atoms with Crippen molar-refractivity contribution in [3.8, 4) is 11.4 Å². The molecule has 146 valence electrons. The molecule has 3 aromatic rings. The van der Waals surface area contributed by atoms with Crippen LogP contribution in [-0.2, 0) is 11.2 Å². The van der Waals surface area contributed by atoms with Crippen molar-refractivity contribution in [3.05, 3.63) is 59.9 Å². The van der Waals surface area contributed by atoms with Crippen LogP contribution in [0.15, 0.2) is 53.7 Å². The highest BCUT2D eigenvalue weighted by atomic mass is 32.2. The van der Waals surface area contributed by atoms with Gasteiger partial charge in [0.1, 0.15) is 17.3 Å². The third-order valence-electron chi connectivity index (χ3n) is 3.82. The number of halogens is 1. The minimum Gasteiger partial charge on any atom is -0.492 e. The summed E-state index contributed by atoms with van der Waals surface area (Å²) in [6.45, 7) is 2.91. The third-order valence-corrected chi connectivity index (χ3v) is 4.73. The SMILES string of the molecule is CCOc1ccccc1-n1nnnc1SCC(=O)NCCc1ccc(F)cc1. The molecule has 3 rings (SSSR count). The quantitative estimate of drug-likeness (QED) is 0.555. The number of benzene rings is 2. The molecule has 1 amide bonds. The smallest absolute Gasteiger partial charge is 0.230 e. The molecule has 1 N–H and O–H groups in total. The molecule has 0 unspecified atom stereocenters. The van der Waals surface area contributed by atoms with E-state index in [0.29, 0.717) is 36.2 Å². The molecule has 0 saturated heterocycles. The Labute approximate surface area is 166 Å². The predicted molar refractivity (Wildman–Crippen MR) is 104 cm³/mol. The van der Waals surface area contributed by atoms with Gasteiger partial charge in [0, 0.05) is 6.54 Å². The van der Waals surface area contributed by atoms with Crippen LogP contribution in [0.1, 0.15) is 12.5 Å². The lowest BCUT2D eigenvalue weighted by atomic mass is 10.1. The first-order valence-electron chi connectivity index (χ1n) is 8.82. The average Bonchev–Trinajstić information content (AvgIpc) is 3.17. The topological polar surface area (TPSA) is 81.9 Å². The van der Waals surface area contributed by atoms with E-state index in [1.165, 1.54) is 23.9 Å². The number of hydrogen-bond donors (Lipinski definition) is 1. The highest BCUT2D eigenvalue weighted by Gasteiger charge is 2.14. The molecule has 1 aromatic heterocycles. The number of aromatic nitrogens is 4. The zero-order valence-electron chi connectivity index (χ0n) is 15.3. The van der Waals surface area contributed by atoms with Gasteiger partial charge in [-0.25, -0.2) is 4.39 Å². The van der Waals surface area contributed by atoms with Gasteiger partial charge in [0.25, 0.3) is 0 Å². The number of nitrogens with zero attached hydrogens (tertiary/aromatic N) is 4. The molecule has 0 fully saturated rings. The first-order valence-corrected chi connectivity index (χ1v) is 9.80. The lowest BCUT2D eigenvalue weighted by Gasteiger charge is -2.10. The summed E-state index contributed by atoms with van der Waals surface area (Å²) in [5, 5.41) is 15.1. The van der Waals surface area contributed by atoms with Crippen LogP contribution in [-0.4, -0.2) is 45.0 Å². The van der Waals surface area contributed by atoms with Crippen molar-refractivity contribution in [3.63, 3.8) is 0 Å². The predicted octanol–water partition coefficient (Wildman–Crippen LogP) is 2.65. The number of rotatable bonds is 9. The Morgan fingerprint density at radius 1 is 1.21 bits per heavy atom. The average molecular weight is 401 g/mol. The number of tetrazole rings is 1. The Morgan fingerprint density at radius 2 is 2.00 bits per heavy atom. The molecule has 0 aliphatic carbocycles. The van der Waals surface area contributed by atoms with Gasteiger partial charge >= 0.3 is 0 Å². The van der Waals surface area contributed by atoms with Crippen molar-refractivity contribution in [2.75, 3.05) is 18.9 Å². The molecule has 0 atom stereocenters. The van der Waals surface area contributed by atoms with Crippen molar-refractivity contribution >= 4 is 17.7 Å². The second kappa shape index (κ2) is 9.84. The summed E-state index contributed by atoms with van der Waals surface area (Å²) in [5.74, 6) is 0.455. The fourth-order valence-electron chi connectivity index (χ4n) is 2.51. The summed E-state index contributed by atoms with van der Waals surface area (Å²) in [6.07, 6.45) is 0.635. The van der Waals surface area contributed by atoms with Gasteiger partial charge in [-0.05, 0) is 53.6 Å². The number of hydrogen-bond acceptors (Lipinski definition) is 6. The van der Waals surface area contributed by atoms with E-state index in [0.717, 1.165) is 5.56 Å². The standard InChI is InChI=1S/C19H20FN5O2S/c1-2-27-17-6-4-3-5-16(17)25-19(22-23-24-25)28-13-18(26)21-12-11-14-7-9-15(20)10-8-14/h3-10H,2,11-13H2,1H3,(H,21,26). The molecule has 0 aliphatic heterocycles. The number of carbonyl (C=O) groups is 1. The molecule has 2 aromatic carbocycles. The Hall–Kier alpha value is -2.94. The summed E-state index contributed by atoms with van der Waals surface area (Å²) < 4.78 is 20.1. The fraction of sp³-hybridized carbons (Fsp3) is 0.263. The zero-order chi connectivity index (χ0) is 19.8. The second-order valence-corrected chi connectivity index (χ2v) is 6.73. The maximum atomic E-state index is 12.9. The van der Waals surface area contributed by atoms with E-state index >= 15 is 0 Å². The van der Waals surface area contributed by atoms with E-state index in [2.05, 4.69) is 20.8 Å². The molecular weight excluding hydrogens is 381 g/mol. The summed E-state index contributed by atoms with van der Waals surface area (Å²) in [6, 6.07) is 13.7. The Bertz CT molecular complexity index is 917. The first-order chi connectivity index (χ1) is 13.7. The van der Waals surface area contributed by atoms with Gasteiger partial charge < -0.3 is 10.1 Å². The highest BCUT2D eigenvalue weighted by Crippen LogP contribution is 2.25. The summed E-state index contributed by atoms with van der Waals surface area (Å²) >= 11 is 1.24. The van der Waals surface area contributed by atoms with Gasteiger partial charge in [-0.3, -0.25) is 4.79 Å². The van der Waals surface area contributed by atoms with Gasteiger partial charge in [-0.1, -0.05) is 36.0 Å². The molecule has 1 heterocycles. The van der Waals surface area contributed by atoms with E-state index in [1.54, 1.807) is 16.8 Å². The van der Waals surface area contributed by atoms with E-state index in [9.17, 15) is 9.18 Å². The van der Waals surface area contributed by atoms with Crippen molar-refractivity contribution in [1.82, 2.24) is 25.5 Å². The van der Waals surface area contributed by atoms with Gasteiger partial charge in [-0.15, -0.1) is 5.10 Å². The maximum Gasteiger partial charge on any atom is 0.230 e. The molecule has 0 radical (unpaired) electrons. The lowest BCUT2D eigenvalue weighted by Crippen LogP contribution is -2.27. The Kier molecular flexibility index (Phi) is 6.96. The Balaban J connectivity index is 1.53. The number of amides is 1. The number of thioether (sulfide) groups is 1. The van der Waals surface area contributed by atoms with E-state index in [-0.39, 0.29) is 17.5 Å². The monoisotopic (exact) mass is 401 g/mol. The van der Waals surface area contributed by atoms with Crippen molar-refractivity contribution < 1.29 is 13.9 Å². The molecule has 0 saturated carbocycles. The number of nitrogens with one attached hydrogen (secondary N) is 1. The largest absolute Gasteiger partial charge is 0.492 e. The molecular formula is C19H20FN5O2S. The summed E-state index contributed by atoms with van der Waals surface area (Å²) in [5.41, 5.74) is 1.68. The van der Waals surface area contributed by atoms with E-state index in [1.807, 2.05) is 31.2 Å². The van der Waals surface area contributed by atoms with Crippen LogP contribution in [0.5, 0.6) is 5.75 Å². The minimum atomic E-state index is -0.271. The molecule has 0 aliphatic rings. The van der Waals surface area contributed by atoms with Crippen molar-refractivity contribution in [2.45, 2.75) is 18.5 Å². The van der Waals surface area contributed by atoms with Crippen LogP contribution < -0.4 is 10.1 Å². The van der Waals surface area contributed by atoms with Crippen LogP contribution in [0.2, 0.25) is 0 Å². The molecule has 0 bridgehead atoms. The Morgan fingerprint density at radius 3 is 2.79 bits per heavy atom. The van der Waals surface area contributed by atoms with E-state index < -0.39 is 0 Å². The summed E-state index contributed by atoms with van der Waals surface area (Å²) in [4.78, 5) is 12.1. The first kappa shape index (κ1) is 19.8. The van der Waals surface area contributed by atoms with Crippen LogP contribution >= 0.6 is 11.8 Å². The van der Waals surface area contributed by atoms with Crippen LogP contribution in [0.4, 0.5) is 4.39 Å². The van der Waals surface area contributed by atoms with Crippen LogP contribution in [0.25, 0.3) is 5.69 Å². The molecule has 28 heavy (non-hydrogen) atoms. The van der Waals surface area contributed by atoms with Crippen LogP contribution in [0.3, 0.4) is 0 Å². The number of carbonyl (C=O) groups excluding carboxylic acids is 1. The highest BCUT2D eigenvalue weighted by molar-refractivity contribution is 7.99. The second-order valence-electron chi connectivity index (χ2n) is 5.79. The van der Waals surface area contributed by atoms with Gasteiger partial charge in [-0.2, -0.15) is 4.68 Å². The van der Waals surface area contributed by atoms with Crippen LogP contribution in [0, 0.1) is 5.82 Å². The van der Waals surface area contributed by atoms with E-state index in [4.69, 9.17) is 4.74 Å². The molecule has 7 nitrogen and oxygen atoms in total. The number of ether oxygens (including phenoxy) is 1. The zero-order valence-corrected chi connectivity index (χ0v) is 16.2. The minimum absolute atomic E-state index is 0.125. The normalized spacial score (nSPS) is 10.6. The fourth-order valence-corrected chi connectivity index (χ4v) is 3.22. The maximum absolute atomic E-state index is 12.9. The third kappa shape index (κ3) is 5.29. The van der Waals surface area contributed by atoms with Gasteiger partial charge in [0.2, 0.25) is 11.1 Å².